The van der Waals surface area contributed by atoms with Crippen LogP contribution >= 0.6 is 0 Å². The molecule has 5 heteroatoms. The molecule has 0 atom stereocenters. The van der Waals surface area contributed by atoms with E-state index in [1.165, 1.54) is 16.7 Å². The number of hydrogen-bond donors (Lipinski definition) is 1. The van der Waals surface area contributed by atoms with E-state index in [9.17, 15) is 4.79 Å². The summed E-state index contributed by atoms with van der Waals surface area (Å²) in [6.07, 6.45) is 1.84. The summed E-state index contributed by atoms with van der Waals surface area (Å²) < 4.78 is 6.94. The highest BCUT2D eigenvalue weighted by molar-refractivity contribution is 5.91. The molecule has 2 heterocycles. The van der Waals surface area contributed by atoms with Crippen LogP contribution in [0.1, 0.15) is 39.8 Å². The number of rotatable bonds is 5. The zero-order valence-electron chi connectivity index (χ0n) is 15.1. The van der Waals surface area contributed by atoms with Gasteiger partial charge < -0.3 is 10.1 Å². The number of imidazole rings is 1. The number of carbonyl (C=O) groups excluding carboxylic acids is 1. The van der Waals surface area contributed by atoms with E-state index in [2.05, 4.69) is 42.3 Å². The third kappa shape index (κ3) is 3.22. The van der Waals surface area contributed by atoms with Crippen molar-refractivity contribution in [2.24, 2.45) is 0 Å². The van der Waals surface area contributed by atoms with Gasteiger partial charge in [0.2, 0.25) is 0 Å². The van der Waals surface area contributed by atoms with E-state index in [-0.39, 0.29) is 5.97 Å². The van der Waals surface area contributed by atoms with Crippen LogP contribution in [0.25, 0.3) is 5.65 Å². The van der Waals surface area contributed by atoms with E-state index in [1.54, 1.807) is 11.3 Å². The minimum Gasteiger partial charge on any atom is -0.461 e. The summed E-state index contributed by atoms with van der Waals surface area (Å²) in [7, 11) is 0. The van der Waals surface area contributed by atoms with Gasteiger partial charge in [-0.3, -0.25) is 4.40 Å². The Hall–Kier alpha value is -2.82. The Morgan fingerprint density at radius 3 is 2.76 bits per heavy atom. The molecule has 3 rings (SSSR count). The van der Waals surface area contributed by atoms with Gasteiger partial charge in [0.25, 0.3) is 0 Å². The number of benzene rings is 1. The van der Waals surface area contributed by atoms with E-state index in [0.29, 0.717) is 24.5 Å². The fraction of sp³-hybridized carbons (Fsp3) is 0.300. The first kappa shape index (κ1) is 17.0. The van der Waals surface area contributed by atoms with Gasteiger partial charge in [-0.1, -0.05) is 18.2 Å². The number of aryl methyl sites for hydroxylation is 2. The van der Waals surface area contributed by atoms with Crippen LogP contribution in [0.4, 0.5) is 5.69 Å². The van der Waals surface area contributed by atoms with Crippen LogP contribution in [-0.4, -0.2) is 22.0 Å². The number of ether oxygens (including phenoxy) is 1. The van der Waals surface area contributed by atoms with Crippen LogP contribution in [-0.2, 0) is 11.3 Å². The van der Waals surface area contributed by atoms with Crippen molar-refractivity contribution in [3.8, 4) is 0 Å². The van der Waals surface area contributed by atoms with E-state index in [1.807, 2.05) is 25.3 Å². The number of aromatic nitrogens is 2. The summed E-state index contributed by atoms with van der Waals surface area (Å²) in [6.45, 7) is 8.92. The molecule has 1 N–H and O–H groups in total. The molecule has 0 unspecified atom stereocenters. The zero-order valence-corrected chi connectivity index (χ0v) is 15.1. The SMILES string of the molecule is CCOC(=O)c1c(C)nc2c(NCc3cccc(C)c3C)cccn12. The molecule has 0 amide bonds. The maximum absolute atomic E-state index is 12.2. The van der Waals surface area contributed by atoms with Gasteiger partial charge in [-0.25, -0.2) is 9.78 Å². The molecule has 0 spiro atoms. The Morgan fingerprint density at radius 1 is 1.20 bits per heavy atom. The van der Waals surface area contributed by atoms with Gasteiger partial charge in [0.1, 0.15) is 0 Å². The largest absolute Gasteiger partial charge is 0.461 e. The number of nitrogens with one attached hydrogen (secondary N) is 1. The lowest BCUT2D eigenvalue weighted by Gasteiger charge is -2.12. The second kappa shape index (κ2) is 6.97. The molecule has 2 aromatic heterocycles. The first-order valence-electron chi connectivity index (χ1n) is 8.46. The van der Waals surface area contributed by atoms with Crippen molar-refractivity contribution in [2.45, 2.75) is 34.2 Å². The van der Waals surface area contributed by atoms with E-state index < -0.39 is 0 Å². The number of esters is 1. The molecule has 25 heavy (non-hydrogen) atoms. The number of carbonyl (C=O) groups is 1. The van der Waals surface area contributed by atoms with Crippen molar-refractivity contribution >= 4 is 17.3 Å². The molecule has 0 aliphatic heterocycles. The first-order valence-corrected chi connectivity index (χ1v) is 8.46. The molecule has 0 aliphatic carbocycles. The lowest BCUT2D eigenvalue weighted by molar-refractivity contribution is 0.0517. The quantitative estimate of drug-likeness (QED) is 0.714. The number of fused-ring (bicyclic) bond motifs is 1. The normalized spacial score (nSPS) is 10.9. The van der Waals surface area contributed by atoms with Crippen LogP contribution < -0.4 is 5.32 Å². The predicted molar refractivity (Wildman–Crippen MR) is 99.1 cm³/mol. The number of anilines is 1. The molecule has 130 valence electrons. The standard InChI is InChI=1S/C20H23N3O2/c1-5-25-20(24)18-15(4)22-19-17(10-7-11-23(18)19)21-12-16-9-6-8-13(2)14(16)3/h6-11,21H,5,12H2,1-4H3. The van der Waals surface area contributed by atoms with Gasteiger partial charge >= 0.3 is 5.97 Å². The van der Waals surface area contributed by atoms with Gasteiger partial charge in [-0.15, -0.1) is 0 Å². The molecule has 1 aromatic carbocycles. The van der Waals surface area contributed by atoms with Crippen LogP contribution in [0.3, 0.4) is 0 Å². The number of pyridine rings is 1. The molecule has 5 nitrogen and oxygen atoms in total. The molecule has 3 aromatic rings. The maximum Gasteiger partial charge on any atom is 0.357 e. The van der Waals surface area contributed by atoms with Crippen molar-refractivity contribution in [2.75, 3.05) is 11.9 Å². The molecule has 0 saturated carbocycles. The van der Waals surface area contributed by atoms with Gasteiger partial charge in [0, 0.05) is 12.7 Å². The highest BCUT2D eigenvalue weighted by Gasteiger charge is 2.19. The Kier molecular flexibility index (Phi) is 4.74. The van der Waals surface area contributed by atoms with Crippen LogP contribution in [0.2, 0.25) is 0 Å². The number of nitrogens with zero attached hydrogens (tertiary/aromatic N) is 2. The van der Waals surface area contributed by atoms with E-state index in [0.717, 1.165) is 11.3 Å². The highest BCUT2D eigenvalue weighted by atomic mass is 16.5. The summed E-state index contributed by atoms with van der Waals surface area (Å²) in [4.78, 5) is 16.8. The highest BCUT2D eigenvalue weighted by Crippen LogP contribution is 2.22. The fourth-order valence-electron chi connectivity index (χ4n) is 2.96. The fourth-order valence-corrected chi connectivity index (χ4v) is 2.96. The third-order valence-corrected chi connectivity index (χ3v) is 4.48. The van der Waals surface area contributed by atoms with E-state index in [4.69, 9.17) is 4.74 Å². The Balaban J connectivity index is 1.94. The average Bonchev–Trinajstić information content (AvgIpc) is 2.93. The smallest absolute Gasteiger partial charge is 0.357 e. The van der Waals surface area contributed by atoms with Crippen molar-refractivity contribution in [1.82, 2.24) is 9.38 Å². The van der Waals surface area contributed by atoms with Crippen LogP contribution in [0.15, 0.2) is 36.5 Å². The molecule has 0 aliphatic rings. The minimum atomic E-state index is -0.348. The van der Waals surface area contributed by atoms with Crippen molar-refractivity contribution in [1.29, 1.82) is 0 Å². The minimum absolute atomic E-state index is 0.343. The van der Waals surface area contributed by atoms with Crippen LogP contribution in [0.5, 0.6) is 0 Å². The average molecular weight is 337 g/mol. The van der Waals surface area contributed by atoms with Gasteiger partial charge in [-0.2, -0.15) is 0 Å². The topological polar surface area (TPSA) is 55.6 Å². The molecular formula is C20H23N3O2. The molecule has 0 radical (unpaired) electrons. The molecule has 0 bridgehead atoms. The molecular weight excluding hydrogens is 314 g/mol. The Morgan fingerprint density at radius 2 is 2.00 bits per heavy atom. The summed E-state index contributed by atoms with van der Waals surface area (Å²) >= 11 is 0. The summed E-state index contributed by atoms with van der Waals surface area (Å²) in [6, 6.07) is 10.2. The monoisotopic (exact) mass is 337 g/mol. The van der Waals surface area contributed by atoms with E-state index >= 15 is 0 Å². The van der Waals surface area contributed by atoms with Crippen molar-refractivity contribution < 1.29 is 9.53 Å². The van der Waals surface area contributed by atoms with Crippen LogP contribution in [0, 0.1) is 20.8 Å². The maximum atomic E-state index is 12.2. The lowest BCUT2D eigenvalue weighted by atomic mass is 10.0. The predicted octanol–water partition coefficient (Wildman–Crippen LogP) is 4.05. The zero-order chi connectivity index (χ0) is 18.0. The first-order chi connectivity index (χ1) is 12.0. The second-order valence-corrected chi connectivity index (χ2v) is 6.09. The summed E-state index contributed by atoms with van der Waals surface area (Å²) in [5.41, 5.74) is 6.57. The second-order valence-electron chi connectivity index (χ2n) is 6.09. The lowest BCUT2D eigenvalue weighted by Crippen LogP contribution is -2.10. The molecule has 0 fully saturated rings. The molecule has 0 saturated heterocycles. The van der Waals surface area contributed by atoms with Gasteiger partial charge in [-0.05, 0) is 56.5 Å². The summed E-state index contributed by atoms with van der Waals surface area (Å²) in [5, 5.41) is 3.45. The van der Waals surface area contributed by atoms with Crippen molar-refractivity contribution in [3.05, 3.63) is 64.6 Å². The Bertz CT molecular complexity index is 928. The Labute approximate surface area is 147 Å². The van der Waals surface area contributed by atoms with Crippen molar-refractivity contribution in [3.63, 3.8) is 0 Å². The third-order valence-electron chi connectivity index (χ3n) is 4.48. The summed E-state index contributed by atoms with van der Waals surface area (Å²) in [5.74, 6) is -0.348. The number of hydrogen-bond acceptors (Lipinski definition) is 4. The van der Waals surface area contributed by atoms with Gasteiger partial charge in [0.15, 0.2) is 11.3 Å². The van der Waals surface area contributed by atoms with Gasteiger partial charge in [0.05, 0.1) is 18.0 Å².